The third-order valence-corrected chi connectivity index (χ3v) is 5.41. The minimum Gasteiger partial charge on any atom is -0.471 e. The summed E-state index contributed by atoms with van der Waals surface area (Å²) in [7, 11) is 0. The molecule has 0 amide bonds. The lowest BCUT2D eigenvalue weighted by atomic mass is 10.1. The summed E-state index contributed by atoms with van der Waals surface area (Å²) < 4.78 is 64.3. The number of fused-ring (bicyclic) bond motifs is 1. The molecule has 34 heavy (non-hydrogen) atoms. The number of hydrogen-bond donors (Lipinski definition) is 0. The molecule has 0 spiro atoms. The van der Waals surface area contributed by atoms with E-state index in [1.165, 1.54) is 24.5 Å². The first-order chi connectivity index (χ1) is 16.3. The van der Waals surface area contributed by atoms with E-state index < -0.39 is 12.0 Å². The number of hydrogen-bond acceptors (Lipinski definition) is 8. The van der Waals surface area contributed by atoms with Gasteiger partial charge in [-0.1, -0.05) is 5.16 Å². The Bertz CT molecular complexity index is 1300. The van der Waals surface area contributed by atoms with Crippen molar-refractivity contribution >= 4 is 5.82 Å². The number of halogens is 4. The molecule has 1 aliphatic rings. The summed E-state index contributed by atoms with van der Waals surface area (Å²) >= 11 is 0. The van der Waals surface area contributed by atoms with Gasteiger partial charge < -0.3 is 18.7 Å². The van der Waals surface area contributed by atoms with Crippen molar-refractivity contribution in [3.8, 4) is 17.1 Å². The monoisotopic (exact) mass is 475 g/mol. The van der Waals surface area contributed by atoms with E-state index in [0.29, 0.717) is 34.9 Å². The summed E-state index contributed by atoms with van der Waals surface area (Å²) in [5.74, 6) is 0.127. The first-order valence-electron chi connectivity index (χ1n) is 10.2. The molecular formula is C21H17F4N7O2. The van der Waals surface area contributed by atoms with Crippen molar-refractivity contribution in [1.29, 1.82) is 0 Å². The van der Waals surface area contributed by atoms with Gasteiger partial charge in [-0.05, 0) is 31.2 Å². The first-order valence-corrected chi connectivity index (χ1v) is 10.2. The number of anilines is 1. The molecule has 1 aromatic carbocycles. The van der Waals surface area contributed by atoms with Gasteiger partial charge >= 0.3 is 6.18 Å². The van der Waals surface area contributed by atoms with Crippen LogP contribution in [0, 0.1) is 12.7 Å². The predicted molar refractivity (Wildman–Crippen MR) is 109 cm³/mol. The highest BCUT2D eigenvalue weighted by atomic mass is 19.4. The van der Waals surface area contributed by atoms with Crippen molar-refractivity contribution < 1.29 is 26.8 Å². The molecule has 0 atom stereocenters. The van der Waals surface area contributed by atoms with Gasteiger partial charge in [-0.15, -0.1) is 10.2 Å². The van der Waals surface area contributed by atoms with Crippen LogP contribution in [0.15, 0.2) is 41.2 Å². The smallest absolute Gasteiger partial charge is 0.451 e. The lowest BCUT2D eigenvalue weighted by Gasteiger charge is -2.28. The molecule has 13 heteroatoms. The normalized spacial score (nSPS) is 13.7. The average molecular weight is 475 g/mol. The molecule has 0 saturated carbocycles. The van der Waals surface area contributed by atoms with Gasteiger partial charge in [0, 0.05) is 18.7 Å². The van der Waals surface area contributed by atoms with Crippen molar-refractivity contribution in [2.75, 3.05) is 11.4 Å². The highest BCUT2D eigenvalue weighted by molar-refractivity contribution is 5.63. The summed E-state index contributed by atoms with van der Waals surface area (Å²) in [6, 6.07) is 5.87. The van der Waals surface area contributed by atoms with Gasteiger partial charge in [-0.25, -0.2) is 14.4 Å². The van der Waals surface area contributed by atoms with E-state index in [4.69, 9.17) is 9.26 Å². The molecule has 0 bridgehead atoms. The second-order valence-corrected chi connectivity index (χ2v) is 7.59. The van der Waals surface area contributed by atoms with Gasteiger partial charge in [0.15, 0.2) is 5.82 Å². The SMILES string of the molecule is Cc1onc(-c2ccc(F)cc2)c1COc1cnc(N2CCn3c(nnc3C(F)(F)F)C2)cn1. The number of rotatable bonds is 5. The van der Waals surface area contributed by atoms with Crippen molar-refractivity contribution in [2.45, 2.75) is 32.8 Å². The van der Waals surface area contributed by atoms with Crippen LogP contribution in [0.5, 0.6) is 5.88 Å². The largest absolute Gasteiger partial charge is 0.471 e. The number of ether oxygens (including phenoxy) is 1. The number of benzene rings is 1. The molecule has 0 aliphatic carbocycles. The Morgan fingerprint density at radius 2 is 1.85 bits per heavy atom. The van der Waals surface area contributed by atoms with Crippen LogP contribution < -0.4 is 9.64 Å². The summed E-state index contributed by atoms with van der Waals surface area (Å²) in [6.07, 6.45) is -1.64. The molecule has 0 radical (unpaired) electrons. The fraction of sp³-hybridized carbons (Fsp3) is 0.286. The lowest BCUT2D eigenvalue weighted by Crippen LogP contribution is -2.35. The number of aryl methyl sites for hydroxylation is 1. The van der Waals surface area contributed by atoms with Crippen molar-refractivity contribution in [3.63, 3.8) is 0 Å². The molecule has 176 valence electrons. The first kappa shape index (κ1) is 21.8. The molecule has 0 fully saturated rings. The van der Waals surface area contributed by atoms with Crippen LogP contribution in [0.1, 0.15) is 23.0 Å². The van der Waals surface area contributed by atoms with Gasteiger partial charge in [0.1, 0.15) is 29.7 Å². The van der Waals surface area contributed by atoms with Gasteiger partial charge in [0.2, 0.25) is 11.7 Å². The van der Waals surface area contributed by atoms with Gasteiger partial charge in [-0.3, -0.25) is 0 Å². The van der Waals surface area contributed by atoms with E-state index >= 15 is 0 Å². The van der Waals surface area contributed by atoms with Crippen LogP contribution in [0.25, 0.3) is 11.3 Å². The maximum atomic E-state index is 13.2. The van der Waals surface area contributed by atoms with Gasteiger partial charge in [-0.2, -0.15) is 13.2 Å². The highest BCUT2D eigenvalue weighted by Crippen LogP contribution is 2.30. The Balaban J connectivity index is 1.26. The second kappa shape index (κ2) is 8.39. The van der Waals surface area contributed by atoms with E-state index in [-0.39, 0.29) is 37.2 Å². The number of alkyl halides is 3. The molecular weight excluding hydrogens is 458 g/mol. The van der Waals surface area contributed by atoms with Crippen LogP contribution >= 0.6 is 0 Å². The zero-order valence-electron chi connectivity index (χ0n) is 17.8. The molecule has 0 unspecified atom stereocenters. The Labute approximate surface area is 190 Å². The quantitative estimate of drug-likeness (QED) is 0.403. The van der Waals surface area contributed by atoms with Crippen LogP contribution in [0.3, 0.4) is 0 Å². The number of aromatic nitrogens is 6. The topological polar surface area (TPSA) is 95.0 Å². The van der Waals surface area contributed by atoms with E-state index in [9.17, 15) is 17.6 Å². The van der Waals surface area contributed by atoms with Crippen LogP contribution in [-0.4, -0.2) is 36.4 Å². The van der Waals surface area contributed by atoms with Crippen molar-refractivity contribution in [3.05, 3.63) is 65.4 Å². The molecule has 0 N–H and O–H groups in total. The Morgan fingerprint density at radius 3 is 2.56 bits per heavy atom. The van der Waals surface area contributed by atoms with Crippen molar-refractivity contribution in [2.24, 2.45) is 0 Å². The fourth-order valence-corrected chi connectivity index (χ4v) is 3.65. The van der Waals surface area contributed by atoms with Gasteiger partial charge in [0.25, 0.3) is 0 Å². The standard InChI is InChI=1S/C21H17F4N7O2/c1-12-15(19(30-34-12)13-2-4-14(22)5-3-13)11-33-18-9-26-16(8-27-18)31-6-7-32-17(10-31)28-29-20(32)21(23,24)25/h2-5,8-9H,6-7,10-11H2,1H3. The summed E-state index contributed by atoms with van der Waals surface area (Å²) in [5, 5.41) is 11.0. The highest BCUT2D eigenvalue weighted by Gasteiger charge is 2.39. The molecule has 1 aliphatic heterocycles. The molecule has 5 rings (SSSR count). The molecule has 9 nitrogen and oxygen atoms in total. The Morgan fingerprint density at radius 1 is 1.06 bits per heavy atom. The third-order valence-electron chi connectivity index (χ3n) is 5.41. The maximum Gasteiger partial charge on any atom is 0.451 e. The van der Waals surface area contributed by atoms with Gasteiger partial charge in [0.05, 0.1) is 24.5 Å². The summed E-state index contributed by atoms with van der Waals surface area (Å²) in [6.45, 7) is 2.34. The van der Waals surface area contributed by atoms with Crippen LogP contribution in [0.2, 0.25) is 0 Å². The Kier molecular flexibility index (Phi) is 5.38. The Hall–Kier alpha value is -4.03. The minimum absolute atomic E-state index is 0.0794. The molecule has 3 aromatic heterocycles. The van der Waals surface area contributed by atoms with E-state index in [1.807, 2.05) is 0 Å². The fourth-order valence-electron chi connectivity index (χ4n) is 3.65. The minimum atomic E-state index is -4.55. The summed E-state index contributed by atoms with van der Waals surface area (Å²) in [4.78, 5) is 10.3. The number of nitrogens with zero attached hydrogens (tertiary/aromatic N) is 7. The summed E-state index contributed by atoms with van der Waals surface area (Å²) in [5.41, 5.74) is 1.91. The van der Waals surface area contributed by atoms with Crippen molar-refractivity contribution in [1.82, 2.24) is 29.9 Å². The molecule has 4 aromatic rings. The average Bonchev–Trinajstić information content (AvgIpc) is 3.41. The predicted octanol–water partition coefficient (Wildman–Crippen LogP) is 3.79. The van der Waals surface area contributed by atoms with Crippen LogP contribution in [-0.2, 0) is 25.9 Å². The lowest BCUT2D eigenvalue weighted by molar-refractivity contribution is -0.147. The maximum absolute atomic E-state index is 13.2. The second-order valence-electron chi connectivity index (χ2n) is 7.59. The van der Waals surface area contributed by atoms with E-state index in [1.54, 1.807) is 24.0 Å². The van der Waals surface area contributed by atoms with E-state index in [0.717, 1.165) is 4.57 Å². The molecule has 0 saturated heterocycles. The van der Waals surface area contributed by atoms with Crippen LogP contribution in [0.4, 0.5) is 23.4 Å². The van der Waals surface area contributed by atoms with E-state index in [2.05, 4.69) is 25.3 Å². The zero-order chi connectivity index (χ0) is 23.9. The zero-order valence-corrected chi connectivity index (χ0v) is 17.8. The molecule has 4 heterocycles. The third kappa shape index (κ3) is 4.16.